The minimum atomic E-state index is -4.25. The van der Waals surface area contributed by atoms with Gasteiger partial charge in [-0.3, -0.25) is 0 Å². The molecule has 0 radical (unpaired) electrons. The van der Waals surface area contributed by atoms with Gasteiger partial charge in [0.25, 0.3) is 0 Å². The second kappa shape index (κ2) is 8.43. The lowest BCUT2D eigenvalue weighted by atomic mass is 10.2. The fourth-order valence-electron chi connectivity index (χ4n) is 2.31. The highest BCUT2D eigenvalue weighted by atomic mass is 19.4. The molecule has 0 saturated carbocycles. The van der Waals surface area contributed by atoms with Crippen molar-refractivity contribution >= 4 is 17.7 Å². The van der Waals surface area contributed by atoms with Crippen molar-refractivity contribution in [3.05, 3.63) is 48.5 Å². The first-order valence-corrected chi connectivity index (χ1v) is 7.51. The van der Waals surface area contributed by atoms with Crippen LogP contribution in [-0.2, 0) is 18.4 Å². The van der Waals surface area contributed by atoms with Gasteiger partial charge in [-0.2, -0.15) is 13.2 Å². The van der Waals surface area contributed by atoms with Crippen molar-refractivity contribution in [2.75, 3.05) is 6.54 Å². The number of aromatic nitrogens is 3. The van der Waals surface area contributed by atoms with E-state index in [1.807, 2.05) is 48.9 Å². The number of aryl methyl sites for hydroxylation is 1. The monoisotopic (exact) mass is 366 g/mol. The quantitative estimate of drug-likeness (QED) is 0.751. The van der Waals surface area contributed by atoms with Crippen LogP contribution in [0.4, 0.5) is 13.2 Å². The minimum Gasteiger partial charge on any atom is -0.439 e. The first-order chi connectivity index (χ1) is 12.4. The molecule has 3 rings (SSSR count). The number of fused-ring (bicyclic) bond motifs is 1. The van der Waals surface area contributed by atoms with Gasteiger partial charge in [0.15, 0.2) is 0 Å². The summed E-state index contributed by atoms with van der Waals surface area (Å²) in [6, 6.07) is 9.09. The van der Waals surface area contributed by atoms with Gasteiger partial charge in [-0.1, -0.05) is 0 Å². The largest absolute Gasteiger partial charge is 0.439 e. The molecule has 6 nitrogen and oxygen atoms in total. The standard InChI is InChI=1S/C16H15F3N4O.CH2O/c1-23-5-4-11-6-13(2-3-14(11)23)24-15-7-12(21-10-22-15)8-20-9-16(17,18)19;1-2/h2-7,10,20H,8-9H2,1H3;1H2. The molecule has 2 aromatic heterocycles. The number of nitrogens with one attached hydrogen (secondary N) is 1. The molecule has 9 heteroatoms. The molecule has 1 aromatic carbocycles. The average molecular weight is 366 g/mol. The number of rotatable bonds is 5. The van der Waals surface area contributed by atoms with E-state index in [1.54, 1.807) is 0 Å². The summed E-state index contributed by atoms with van der Waals surface area (Å²) in [4.78, 5) is 15.9. The fourth-order valence-corrected chi connectivity index (χ4v) is 2.31. The van der Waals surface area contributed by atoms with Gasteiger partial charge < -0.3 is 19.4 Å². The third kappa shape index (κ3) is 5.28. The molecular formula is C17H17F3N4O2. The number of hydrogen-bond acceptors (Lipinski definition) is 5. The van der Waals surface area contributed by atoms with Gasteiger partial charge in [-0.25, -0.2) is 9.97 Å². The Labute approximate surface area is 147 Å². The van der Waals surface area contributed by atoms with Gasteiger partial charge in [0.05, 0.1) is 12.2 Å². The number of hydrogen-bond donors (Lipinski definition) is 1. The number of halogens is 3. The molecule has 1 N–H and O–H groups in total. The molecule has 26 heavy (non-hydrogen) atoms. The molecular weight excluding hydrogens is 349 g/mol. The number of carbonyl (C=O) groups is 1. The smallest absolute Gasteiger partial charge is 0.401 e. The molecule has 0 saturated heterocycles. The van der Waals surface area contributed by atoms with E-state index in [2.05, 4.69) is 15.3 Å². The summed E-state index contributed by atoms with van der Waals surface area (Å²) < 4.78 is 44.1. The number of carbonyl (C=O) groups excluding carboxylic acids is 1. The number of nitrogens with zero attached hydrogens (tertiary/aromatic N) is 3. The fraction of sp³-hybridized carbons (Fsp3) is 0.235. The van der Waals surface area contributed by atoms with Gasteiger partial charge in [0.1, 0.15) is 18.9 Å². The highest BCUT2D eigenvalue weighted by molar-refractivity contribution is 5.81. The zero-order valence-corrected chi connectivity index (χ0v) is 14.0. The van der Waals surface area contributed by atoms with E-state index in [1.165, 1.54) is 12.4 Å². The van der Waals surface area contributed by atoms with Crippen molar-refractivity contribution in [2.24, 2.45) is 7.05 Å². The van der Waals surface area contributed by atoms with E-state index in [-0.39, 0.29) is 12.4 Å². The van der Waals surface area contributed by atoms with Crippen molar-refractivity contribution < 1.29 is 22.7 Å². The van der Waals surface area contributed by atoms with Crippen LogP contribution in [-0.4, -0.2) is 34.0 Å². The summed E-state index contributed by atoms with van der Waals surface area (Å²) in [5.41, 5.74) is 1.49. The molecule has 0 bridgehead atoms. The van der Waals surface area contributed by atoms with Crippen LogP contribution in [0.1, 0.15) is 5.69 Å². The average Bonchev–Trinajstić information content (AvgIpc) is 2.96. The Morgan fingerprint density at radius 1 is 1.19 bits per heavy atom. The van der Waals surface area contributed by atoms with Crippen molar-refractivity contribution in [3.8, 4) is 11.6 Å². The topological polar surface area (TPSA) is 69.0 Å². The van der Waals surface area contributed by atoms with Crippen LogP contribution < -0.4 is 10.1 Å². The van der Waals surface area contributed by atoms with E-state index in [0.717, 1.165) is 10.9 Å². The Morgan fingerprint density at radius 3 is 2.69 bits per heavy atom. The van der Waals surface area contributed by atoms with Crippen LogP contribution in [0.3, 0.4) is 0 Å². The van der Waals surface area contributed by atoms with Crippen LogP contribution in [0.5, 0.6) is 11.6 Å². The predicted molar refractivity (Wildman–Crippen MR) is 89.9 cm³/mol. The number of alkyl halides is 3. The van der Waals surface area contributed by atoms with Crippen LogP contribution in [0.2, 0.25) is 0 Å². The molecule has 138 valence electrons. The molecule has 3 aromatic rings. The molecule has 0 aliphatic carbocycles. The minimum absolute atomic E-state index is 0.0177. The van der Waals surface area contributed by atoms with Crippen molar-refractivity contribution in [1.82, 2.24) is 19.9 Å². The Morgan fingerprint density at radius 2 is 1.96 bits per heavy atom. The third-order valence-electron chi connectivity index (χ3n) is 3.41. The van der Waals surface area contributed by atoms with Gasteiger partial charge in [-0.05, 0) is 24.3 Å². The molecule has 0 amide bonds. The Hall–Kier alpha value is -2.94. The third-order valence-corrected chi connectivity index (χ3v) is 3.41. The van der Waals surface area contributed by atoms with Gasteiger partial charge in [-0.15, -0.1) is 0 Å². The molecule has 0 atom stereocenters. The summed E-state index contributed by atoms with van der Waals surface area (Å²) in [6.45, 7) is 0.911. The second-order valence-electron chi connectivity index (χ2n) is 5.32. The SMILES string of the molecule is C=O.Cn1ccc2cc(Oc3cc(CNCC(F)(F)F)ncn3)ccc21. The van der Waals surface area contributed by atoms with Gasteiger partial charge in [0, 0.05) is 36.8 Å². The first-order valence-electron chi connectivity index (χ1n) is 7.51. The van der Waals surface area contributed by atoms with E-state index in [9.17, 15) is 13.2 Å². The lowest BCUT2D eigenvalue weighted by Crippen LogP contribution is -2.28. The van der Waals surface area contributed by atoms with Crippen LogP contribution in [0.25, 0.3) is 10.9 Å². The zero-order valence-electron chi connectivity index (χ0n) is 14.0. The summed E-state index contributed by atoms with van der Waals surface area (Å²) in [5, 5.41) is 3.31. The van der Waals surface area contributed by atoms with Crippen molar-refractivity contribution in [2.45, 2.75) is 12.7 Å². The highest BCUT2D eigenvalue weighted by Gasteiger charge is 2.26. The van der Waals surface area contributed by atoms with Gasteiger partial charge >= 0.3 is 6.18 Å². The molecule has 0 spiro atoms. The van der Waals surface area contributed by atoms with Crippen LogP contribution >= 0.6 is 0 Å². The van der Waals surface area contributed by atoms with Crippen LogP contribution in [0, 0.1) is 0 Å². The highest BCUT2D eigenvalue weighted by Crippen LogP contribution is 2.25. The van der Waals surface area contributed by atoms with E-state index in [0.29, 0.717) is 11.4 Å². The van der Waals surface area contributed by atoms with E-state index < -0.39 is 12.7 Å². The summed E-state index contributed by atoms with van der Waals surface area (Å²) >= 11 is 0. The lowest BCUT2D eigenvalue weighted by molar-refractivity contribution is -0.125. The molecule has 0 aliphatic heterocycles. The molecule has 0 aliphatic rings. The Kier molecular flexibility index (Phi) is 6.29. The zero-order chi connectivity index (χ0) is 19.2. The van der Waals surface area contributed by atoms with Crippen molar-refractivity contribution in [3.63, 3.8) is 0 Å². The number of ether oxygens (including phenoxy) is 1. The maximum Gasteiger partial charge on any atom is 0.401 e. The lowest BCUT2D eigenvalue weighted by Gasteiger charge is -2.09. The van der Waals surface area contributed by atoms with Gasteiger partial charge in [0.2, 0.25) is 5.88 Å². The maximum atomic E-state index is 12.1. The predicted octanol–water partition coefficient (Wildman–Crippen LogP) is 3.23. The first kappa shape index (κ1) is 19.4. The molecule has 2 heterocycles. The number of benzene rings is 1. The molecule has 0 unspecified atom stereocenters. The Balaban J connectivity index is 0.00000117. The molecule has 0 fully saturated rings. The second-order valence-corrected chi connectivity index (χ2v) is 5.32. The summed E-state index contributed by atoms with van der Waals surface area (Å²) in [5.74, 6) is 0.880. The Bertz CT molecular complexity index is 865. The van der Waals surface area contributed by atoms with Crippen LogP contribution in [0.15, 0.2) is 42.9 Å². The van der Waals surface area contributed by atoms with Crippen molar-refractivity contribution in [1.29, 1.82) is 0 Å². The normalized spacial score (nSPS) is 11.1. The maximum absolute atomic E-state index is 12.1. The summed E-state index contributed by atoms with van der Waals surface area (Å²) in [7, 11) is 1.95. The van der Waals surface area contributed by atoms with E-state index in [4.69, 9.17) is 9.53 Å². The summed E-state index contributed by atoms with van der Waals surface area (Å²) in [6.07, 6.45) is -1.04. The van der Waals surface area contributed by atoms with E-state index >= 15 is 0 Å².